The molecule has 7 nitrogen and oxygen atoms in total. The van der Waals surface area contributed by atoms with Crippen LogP contribution in [0.1, 0.15) is 69.0 Å². The van der Waals surface area contributed by atoms with Gasteiger partial charge in [-0.25, -0.2) is 9.97 Å². The number of carbonyl (C=O) groups is 1. The van der Waals surface area contributed by atoms with Crippen molar-refractivity contribution in [2.75, 3.05) is 12.4 Å². The van der Waals surface area contributed by atoms with E-state index >= 15 is 0 Å². The number of rotatable bonds is 5. The fourth-order valence-electron chi connectivity index (χ4n) is 3.85. The largest absolute Gasteiger partial charge is 0.489 e. The highest BCUT2D eigenvalue weighted by atomic mass is 19.4. The summed E-state index contributed by atoms with van der Waals surface area (Å²) in [7, 11) is 1.00. The van der Waals surface area contributed by atoms with E-state index in [1.165, 1.54) is 51.2 Å². The molecule has 0 aliphatic heterocycles. The maximum absolute atomic E-state index is 11.9. The second kappa shape index (κ2) is 13.1. The number of hydrogen-bond donors (Lipinski definition) is 2. The highest BCUT2D eigenvalue weighted by Crippen LogP contribution is 2.34. The Morgan fingerprint density at radius 3 is 2.37 bits per heavy atom. The number of anilines is 1. The van der Waals surface area contributed by atoms with E-state index in [9.17, 15) is 18.0 Å². The fourth-order valence-corrected chi connectivity index (χ4v) is 3.85. The molecule has 0 bridgehead atoms. The first kappa shape index (κ1) is 28.1. The summed E-state index contributed by atoms with van der Waals surface area (Å²) in [5, 5.41) is 9.71. The Bertz CT molecular complexity index is 1080. The molecule has 1 saturated carbocycles. The number of aryl methyl sites for hydroxylation is 1. The molecule has 1 fully saturated rings. The Morgan fingerprint density at radius 1 is 1.14 bits per heavy atom. The highest BCUT2D eigenvalue weighted by molar-refractivity contribution is 5.76. The van der Waals surface area contributed by atoms with E-state index in [-0.39, 0.29) is 6.10 Å². The van der Waals surface area contributed by atoms with Crippen molar-refractivity contribution in [2.45, 2.75) is 71.1 Å². The maximum atomic E-state index is 11.9. The Kier molecular flexibility index (Phi) is 10.5. The highest BCUT2D eigenvalue weighted by Gasteiger charge is 2.32. The topological polar surface area (TPSA) is 88.8 Å². The molecule has 0 saturated heterocycles. The first-order chi connectivity index (χ1) is 16.7. The van der Waals surface area contributed by atoms with Gasteiger partial charge in [-0.3, -0.25) is 4.79 Å². The van der Waals surface area contributed by atoms with Gasteiger partial charge in [0.1, 0.15) is 22.8 Å². The third kappa shape index (κ3) is 8.24. The lowest BCUT2D eigenvalue weighted by molar-refractivity contribution is -0.141. The van der Waals surface area contributed by atoms with Crippen LogP contribution in [0.15, 0.2) is 36.7 Å². The first-order valence-corrected chi connectivity index (χ1v) is 11.5. The molecule has 0 aromatic carbocycles. The van der Waals surface area contributed by atoms with Crippen LogP contribution in [0.5, 0.6) is 5.75 Å². The Labute approximate surface area is 203 Å². The lowest BCUT2D eigenvalue weighted by Crippen LogP contribution is -2.09. The number of ether oxygens (including phenoxy) is 1. The lowest BCUT2D eigenvalue weighted by Gasteiger charge is -2.19. The molecule has 1 aliphatic carbocycles. The predicted molar refractivity (Wildman–Crippen MR) is 129 cm³/mol. The minimum Gasteiger partial charge on any atom is -0.489 e. The third-order valence-corrected chi connectivity index (χ3v) is 5.35. The molecule has 1 amide bonds. The third-order valence-electron chi connectivity index (χ3n) is 5.35. The number of aliphatic hydroxyl groups is 1. The molecule has 10 heteroatoms. The Balaban J connectivity index is 0.000000280. The summed E-state index contributed by atoms with van der Waals surface area (Å²) in [5.41, 5.74) is 2.23. The van der Waals surface area contributed by atoms with Crippen molar-refractivity contribution in [1.82, 2.24) is 14.4 Å². The second-order valence-corrected chi connectivity index (χ2v) is 8.41. The van der Waals surface area contributed by atoms with E-state index in [1.54, 1.807) is 0 Å². The van der Waals surface area contributed by atoms with Gasteiger partial charge in [-0.15, -0.1) is 0 Å². The van der Waals surface area contributed by atoms with Crippen LogP contribution in [0.25, 0.3) is 5.65 Å². The standard InChI is InChI=1S/C17H23N3O2.C7H6F3N.CH4O/c1-12(2)22-16-8-17-19-14(13-6-4-3-5-7-13)9-20(17)10-15(16)18-11-21;1-5-3-2-4-6(11-5)7(8,9)10;1-2/h8-13H,3-7H2,1-2H3,(H,18,21);2-4H,1H3;2H,1H3. The van der Waals surface area contributed by atoms with Crippen molar-refractivity contribution in [3.05, 3.63) is 53.7 Å². The number of fused-ring (bicyclic) bond motifs is 1. The monoisotopic (exact) mass is 494 g/mol. The zero-order valence-electron chi connectivity index (χ0n) is 20.5. The van der Waals surface area contributed by atoms with Gasteiger partial charge < -0.3 is 19.6 Å². The van der Waals surface area contributed by atoms with E-state index in [4.69, 9.17) is 14.8 Å². The van der Waals surface area contributed by atoms with Gasteiger partial charge in [0.05, 0.1) is 11.8 Å². The van der Waals surface area contributed by atoms with Crippen LogP contribution in [0, 0.1) is 6.92 Å². The molecule has 2 N–H and O–H groups in total. The molecule has 4 rings (SSSR count). The van der Waals surface area contributed by atoms with E-state index in [0.29, 0.717) is 29.5 Å². The van der Waals surface area contributed by atoms with Crippen LogP contribution in [0.4, 0.5) is 18.9 Å². The quantitative estimate of drug-likeness (QED) is 0.441. The molecular weight excluding hydrogens is 461 g/mol. The zero-order chi connectivity index (χ0) is 26.0. The van der Waals surface area contributed by atoms with E-state index in [2.05, 4.69) is 16.5 Å². The molecule has 3 heterocycles. The van der Waals surface area contributed by atoms with Gasteiger partial charge in [-0.1, -0.05) is 25.3 Å². The molecule has 192 valence electrons. The van der Waals surface area contributed by atoms with Crippen molar-refractivity contribution >= 4 is 17.7 Å². The Hall–Kier alpha value is -3.14. The number of alkyl halides is 3. The molecule has 35 heavy (non-hydrogen) atoms. The van der Waals surface area contributed by atoms with E-state index in [1.807, 2.05) is 30.5 Å². The van der Waals surface area contributed by atoms with Gasteiger partial charge in [-0.05, 0) is 45.7 Å². The number of nitrogens with zero attached hydrogens (tertiary/aromatic N) is 3. The van der Waals surface area contributed by atoms with Crippen molar-refractivity contribution in [3.8, 4) is 5.75 Å². The van der Waals surface area contributed by atoms with E-state index < -0.39 is 11.9 Å². The van der Waals surface area contributed by atoms with E-state index in [0.717, 1.165) is 24.5 Å². The van der Waals surface area contributed by atoms with Gasteiger partial charge in [0.25, 0.3) is 0 Å². The van der Waals surface area contributed by atoms with Crippen molar-refractivity contribution in [3.63, 3.8) is 0 Å². The van der Waals surface area contributed by atoms with Crippen LogP contribution < -0.4 is 10.1 Å². The van der Waals surface area contributed by atoms with Gasteiger partial charge in [-0.2, -0.15) is 13.2 Å². The molecule has 3 aromatic heterocycles. The summed E-state index contributed by atoms with van der Waals surface area (Å²) in [4.78, 5) is 18.9. The minimum atomic E-state index is -4.33. The number of aliphatic hydroxyl groups excluding tert-OH is 1. The first-order valence-electron chi connectivity index (χ1n) is 11.5. The molecule has 3 aromatic rings. The molecule has 0 unspecified atom stereocenters. The molecule has 0 spiro atoms. The van der Waals surface area contributed by atoms with Crippen LogP contribution in [0.3, 0.4) is 0 Å². The van der Waals surface area contributed by atoms with Crippen LogP contribution in [-0.2, 0) is 11.0 Å². The number of halogens is 3. The second-order valence-electron chi connectivity index (χ2n) is 8.41. The minimum absolute atomic E-state index is 0.0439. The van der Waals surface area contributed by atoms with Crippen molar-refractivity contribution < 1.29 is 27.8 Å². The van der Waals surface area contributed by atoms with Crippen LogP contribution in [0.2, 0.25) is 0 Å². The number of carbonyl (C=O) groups excluding carboxylic acids is 1. The van der Waals surface area contributed by atoms with Crippen molar-refractivity contribution in [1.29, 1.82) is 0 Å². The molecular formula is C25H33F3N4O3. The molecule has 0 radical (unpaired) electrons. The number of amides is 1. The predicted octanol–water partition coefficient (Wildman–Crippen LogP) is 5.75. The van der Waals surface area contributed by atoms with Crippen molar-refractivity contribution in [2.24, 2.45) is 0 Å². The van der Waals surface area contributed by atoms with Gasteiger partial charge >= 0.3 is 6.18 Å². The fraction of sp³-hybridized carbons (Fsp3) is 0.480. The maximum Gasteiger partial charge on any atom is 0.433 e. The summed E-state index contributed by atoms with van der Waals surface area (Å²) >= 11 is 0. The summed E-state index contributed by atoms with van der Waals surface area (Å²) in [6, 6.07) is 5.71. The Morgan fingerprint density at radius 2 is 1.83 bits per heavy atom. The molecule has 1 aliphatic rings. The SMILES string of the molecule is CC(C)Oc1cc2nc(C3CCCCC3)cn2cc1NC=O.CO.Cc1cccc(C(F)(F)F)n1. The zero-order valence-corrected chi connectivity index (χ0v) is 20.5. The average Bonchev–Trinajstić information content (AvgIpc) is 3.24. The number of hydrogen-bond acceptors (Lipinski definition) is 5. The average molecular weight is 495 g/mol. The number of pyridine rings is 2. The summed E-state index contributed by atoms with van der Waals surface area (Å²) in [6.07, 6.45) is 6.71. The van der Waals surface area contributed by atoms with Crippen LogP contribution >= 0.6 is 0 Å². The summed E-state index contributed by atoms with van der Waals surface area (Å²) < 4.78 is 43.5. The van der Waals surface area contributed by atoms with Gasteiger partial charge in [0, 0.05) is 37.2 Å². The lowest BCUT2D eigenvalue weighted by atomic mass is 9.87. The normalized spacial score (nSPS) is 14.0. The summed E-state index contributed by atoms with van der Waals surface area (Å²) in [6.45, 7) is 5.46. The molecule has 0 atom stereocenters. The van der Waals surface area contributed by atoms with Gasteiger partial charge in [0.15, 0.2) is 0 Å². The summed E-state index contributed by atoms with van der Waals surface area (Å²) in [5.74, 6) is 1.22. The number of imidazole rings is 1. The smallest absolute Gasteiger partial charge is 0.433 e. The van der Waals surface area contributed by atoms with Gasteiger partial charge in [0.2, 0.25) is 6.41 Å². The number of aromatic nitrogens is 3. The number of nitrogens with one attached hydrogen (secondary N) is 1. The van der Waals surface area contributed by atoms with Crippen LogP contribution in [-0.4, -0.2) is 39.1 Å².